The molecule has 3 nitrogen and oxygen atoms in total. The van der Waals surface area contributed by atoms with Crippen LogP contribution in [0.4, 0.5) is 0 Å². The Morgan fingerprint density at radius 2 is 2.31 bits per heavy atom. The van der Waals surface area contributed by atoms with E-state index < -0.39 is 0 Å². The Bertz CT molecular complexity index is 461. The fraction of sp³-hybridized carbons (Fsp3) is 0.417. The molecule has 0 amide bonds. The van der Waals surface area contributed by atoms with Crippen molar-refractivity contribution >= 4 is 11.3 Å². The van der Waals surface area contributed by atoms with Gasteiger partial charge in [-0.05, 0) is 31.5 Å². The number of nitrogens with zero attached hydrogens (tertiary/aromatic N) is 1. The normalized spacial score (nSPS) is 12.9. The van der Waals surface area contributed by atoms with Crippen LogP contribution in [0.5, 0.6) is 0 Å². The summed E-state index contributed by atoms with van der Waals surface area (Å²) in [7, 11) is 0. The zero-order valence-electron chi connectivity index (χ0n) is 9.56. The van der Waals surface area contributed by atoms with Crippen molar-refractivity contribution in [2.45, 2.75) is 20.3 Å². The van der Waals surface area contributed by atoms with E-state index in [1.165, 1.54) is 0 Å². The van der Waals surface area contributed by atoms with E-state index in [9.17, 15) is 0 Å². The van der Waals surface area contributed by atoms with Crippen LogP contribution < -0.4 is 5.73 Å². The first-order valence-corrected chi connectivity index (χ1v) is 6.28. The molecule has 0 aromatic carbocycles. The molecular formula is C12H16N2OS. The number of aryl methyl sites for hydroxylation is 1. The summed E-state index contributed by atoms with van der Waals surface area (Å²) in [5.41, 5.74) is 6.53. The van der Waals surface area contributed by atoms with Crippen LogP contribution in [0.3, 0.4) is 0 Å². The summed E-state index contributed by atoms with van der Waals surface area (Å²) < 4.78 is 5.53. The minimum absolute atomic E-state index is 0.484. The number of furan rings is 1. The zero-order chi connectivity index (χ0) is 11.5. The average Bonchev–Trinajstić information content (AvgIpc) is 2.87. The van der Waals surface area contributed by atoms with E-state index in [0.29, 0.717) is 12.5 Å². The summed E-state index contributed by atoms with van der Waals surface area (Å²) >= 11 is 1.67. The maximum Gasteiger partial charge on any atom is 0.153 e. The van der Waals surface area contributed by atoms with Crippen LogP contribution in [0.2, 0.25) is 0 Å². The summed E-state index contributed by atoms with van der Waals surface area (Å²) in [5, 5.41) is 3.17. The molecule has 0 saturated heterocycles. The van der Waals surface area contributed by atoms with E-state index in [0.717, 1.165) is 28.6 Å². The van der Waals surface area contributed by atoms with E-state index >= 15 is 0 Å². The van der Waals surface area contributed by atoms with Crippen molar-refractivity contribution in [2.24, 2.45) is 11.7 Å². The average molecular weight is 236 g/mol. The molecule has 2 rings (SSSR count). The quantitative estimate of drug-likeness (QED) is 0.888. The van der Waals surface area contributed by atoms with Crippen LogP contribution in [-0.2, 0) is 6.42 Å². The zero-order valence-corrected chi connectivity index (χ0v) is 10.4. The number of nitrogens with two attached hydrogens (primary N) is 1. The first kappa shape index (κ1) is 11.4. The topological polar surface area (TPSA) is 52.0 Å². The molecule has 0 radical (unpaired) electrons. The number of hydrogen-bond donors (Lipinski definition) is 1. The SMILES string of the molecule is Cc1ccc(-c2csc(CC(C)CN)n2)o1. The van der Waals surface area contributed by atoms with Crippen molar-refractivity contribution in [2.75, 3.05) is 6.54 Å². The molecule has 1 unspecified atom stereocenters. The highest BCUT2D eigenvalue weighted by Crippen LogP contribution is 2.24. The molecule has 2 heterocycles. The highest BCUT2D eigenvalue weighted by molar-refractivity contribution is 7.09. The second-order valence-electron chi connectivity index (χ2n) is 4.08. The molecule has 0 saturated carbocycles. The van der Waals surface area contributed by atoms with E-state index in [1.54, 1.807) is 11.3 Å². The molecule has 0 bridgehead atoms. The lowest BCUT2D eigenvalue weighted by atomic mass is 10.1. The van der Waals surface area contributed by atoms with E-state index in [-0.39, 0.29) is 0 Å². The molecule has 2 N–H and O–H groups in total. The fourth-order valence-corrected chi connectivity index (χ4v) is 2.42. The molecule has 0 aliphatic carbocycles. The summed E-state index contributed by atoms with van der Waals surface area (Å²) in [6.45, 7) is 4.78. The van der Waals surface area contributed by atoms with Crippen molar-refractivity contribution in [3.8, 4) is 11.5 Å². The van der Waals surface area contributed by atoms with Gasteiger partial charge in [0.25, 0.3) is 0 Å². The lowest BCUT2D eigenvalue weighted by Gasteiger charge is -2.03. The Morgan fingerprint density at radius 3 is 2.94 bits per heavy atom. The van der Waals surface area contributed by atoms with Crippen molar-refractivity contribution in [1.29, 1.82) is 0 Å². The minimum atomic E-state index is 0.484. The largest absolute Gasteiger partial charge is 0.460 e. The Labute approximate surface area is 99.3 Å². The fourth-order valence-electron chi connectivity index (χ4n) is 1.47. The van der Waals surface area contributed by atoms with Crippen molar-refractivity contribution in [1.82, 2.24) is 4.98 Å². The standard InChI is InChI=1S/C12H16N2OS/c1-8(6-13)5-12-14-10(7-16-12)11-4-3-9(2)15-11/h3-4,7-8H,5-6,13H2,1-2H3. The van der Waals surface area contributed by atoms with E-state index in [4.69, 9.17) is 10.2 Å². The van der Waals surface area contributed by atoms with Crippen LogP contribution in [0.1, 0.15) is 17.7 Å². The van der Waals surface area contributed by atoms with Crippen LogP contribution >= 0.6 is 11.3 Å². The van der Waals surface area contributed by atoms with Crippen LogP contribution in [-0.4, -0.2) is 11.5 Å². The number of hydrogen-bond acceptors (Lipinski definition) is 4. The molecule has 0 fully saturated rings. The molecule has 0 spiro atoms. The molecule has 16 heavy (non-hydrogen) atoms. The van der Waals surface area contributed by atoms with Gasteiger partial charge in [0.05, 0.1) is 5.01 Å². The van der Waals surface area contributed by atoms with E-state index in [1.807, 2.05) is 24.4 Å². The van der Waals surface area contributed by atoms with Crippen molar-refractivity contribution in [3.05, 3.63) is 28.3 Å². The molecular weight excluding hydrogens is 220 g/mol. The predicted octanol–water partition coefficient (Wildman–Crippen LogP) is 2.85. The molecule has 0 aliphatic heterocycles. The molecule has 2 aromatic heterocycles. The monoisotopic (exact) mass is 236 g/mol. The van der Waals surface area contributed by atoms with Gasteiger partial charge in [0.1, 0.15) is 11.5 Å². The van der Waals surface area contributed by atoms with Crippen molar-refractivity contribution in [3.63, 3.8) is 0 Å². The van der Waals surface area contributed by atoms with Gasteiger partial charge >= 0.3 is 0 Å². The van der Waals surface area contributed by atoms with Gasteiger partial charge in [-0.2, -0.15) is 0 Å². The Balaban J connectivity index is 2.13. The van der Waals surface area contributed by atoms with Gasteiger partial charge in [-0.25, -0.2) is 4.98 Å². The van der Waals surface area contributed by atoms with Crippen LogP contribution in [0.25, 0.3) is 11.5 Å². The van der Waals surface area contributed by atoms with Gasteiger partial charge in [0.15, 0.2) is 5.76 Å². The lowest BCUT2D eigenvalue weighted by Crippen LogP contribution is -2.12. The molecule has 86 valence electrons. The number of thiazole rings is 1. The highest BCUT2D eigenvalue weighted by Gasteiger charge is 2.09. The van der Waals surface area contributed by atoms with Gasteiger partial charge in [0.2, 0.25) is 0 Å². The first-order chi connectivity index (χ1) is 7.69. The second kappa shape index (κ2) is 4.80. The van der Waals surface area contributed by atoms with Crippen molar-refractivity contribution < 1.29 is 4.42 Å². The maximum atomic E-state index is 5.60. The van der Waals surface area contributed by atoms with Crippen LogP contribution in [0.15, 0.2) is 21.9 Å². The summed E-state index contributed by atoms with van der Waals surface area (Å²) in [5.74, 6) is 2.25. The second-order valence-corrected chi connectivity index (χ2v) is 5.02. The predicted molar refractivity (Wildman–Crippen MR) is 66.5 cm³/mol. The Morgan fingerprint density at radius 1 is 1.50 bits per heavy atom. The summed E-state index contributed by atoms with van der Waals surface area (Å²) in [6.07, 6.45) is 0.945. The van der Waals surface area contributed by atoms with Gasteiger partial charge in [-0.15, -0.1) is 11.3 Å². The highest BCUT2D eigenvalue weighted by atomic mass is 32.1. The van der Waals surface area contributed by atoms with Gasteiger partial charge in [0, 0.05) is 11.8 Å². The number of rotatable bonds is 4. The third-order valence-corrected chi connectivity index (χ3v) is 3.34. The maximum absolute atomic E-state index is 5.60. The van der Waals surface area contributed by atoms with E-state index in [2.05, 4.69) is 11.9 Å². The minimum Gasteiger partial charge on any atom is -0.460 e. The number of aromatic nitrogens is 1. The Hall–Kier alpha value is -1.13. The molecule has 4 heteroatoms. The van der Waals surface area contributed by atoms with Gasteiger partial charge < -0.3 is 10.2 Å². The summed E-state index contributed by atoms with van der Waals surface area (Å²) in [4.78, 5) is 4.55. The van der Waals surface area contributed by atoms with Gasteiger partial charge in [-0.1, -0.05) is 6.92 Å². The molecule has 1 atom stereocenters. The lowest BCUT2D eigenvalue weighted by molar-refractivity contribution is 0.546. The third kappa shape index (κ3) is 2.51. The molecule has 0 aliphatic rings. The Kier molecular flexibility index (Phi) is 3.41. The molecule has 2 aromatic rings. The smallest absolute Gasteiger partial charge is 0.153 e. The summed E-state index contributed by atoms with van der Waals surface area (Å²) in [6, 6.07) is 3.91. The third-order valence-electron chi connectivity index (χ3n) is 2.47. The first-order valence-electron chi connectivity index (χ1n) is 5.40. The van der Waals surface area contributed by atoms with Gasteiger partial charge in [-0.3, -0.25) is 0 Å². The van der Waals surface area contributed by atoms with Crippen LogP contribution in [0, 0.1) is 12.8 Å².